The summed E-state index contributed by atoms with van der Waals surface area (Å²) in [5, 5.41) is 3.27. The first-order valence-electron chi connectivity index (χ1n) is 12.9. The van der Waals surface area contributed by atoms with Gasteiger partial charge in [-0.1, -0.05) is 71.8 Å². The van der Waals surface area contributed by atoms with Gasteiger partial charge in [0.15, 0.2) is 0 Å². The van der Waals surface area contributed by atoms with Gasteiger partial charge in [0.2, 0.25) is 0 Å². The van der Waals surface area contributed by atoms with Crippen LogP contribution < -0.4 is 5.32 Å². The monoisotopic (exact) mass is 483 g/mol. The van der Waals surface area contributed by atoms with Gasteiger partial charge in [-0.25, -0.2) is 9.97 Å². The number of aryl methyl sites for hydroxylation is 3. The van der Waals surface area contributed by atoms with Crippen LogP contribution in [0.2, 0.25) is 0 Å². The molecule has 1 N–H and O–H groups in total. The molecule has 5 aromatic rings. The van der Waals surface area contributed by atoms with Gasteiger partial charge in [0.1, 0.15) is 0 Å². The van der Waals surface area contributed by atoms with E-state index in [0.717, 1.165) is 52.9 Å². The molecule has 0 radical (unpaired) electrons. The van der Waals surface area contributed by atoms with Crippen LogP contribution in [0.5, 0.6) is 0 Å². The zero-order valence-electron chi connectivity index (χ0n) is 21.2. The summed E-state index contributed by atoms with van der Waals surface area (Å²) in [6.07, 6.45) is 3.10. The molecule has 0 bridgehead atoms. The zero-order chi connectivity index (χ0) is 25.4. The van der Waals surface area contributed by atoms with Gasteiger partial charge in [-0.3, -0.25) is 4.79 Å². The number of hydrogen-bond acceptors (Lipinski definition) is 3. The SMILES string of the molecule is Cc1cccc(-c2nc3ccc(C(=O)NC4CCCc5ccccc54)cc3nc2-c2cccc(C)c2)c1. The lowest BCUT2D eigenvalue weighted by molar-refractivity contribution is 0.0933. The summed E-state index contributed by atoms with van der Waals surface area (Å²) in [4.78, 5) is 23.5. The number of aromatic nitrogens is 2. The van der Waals surface area contributed by atoms with E-state index in [9.17, 15) is 4.79 Å². The molecule has 6 rings (SSSR count). The van der Waals surface area contributed by atoms with Gasteiger partial charge in [-0.2, -0.15) is 0 Å². The molecule has 182 valence electrons. The second kappa shape index (κ2) is 9.62. The fourth-order valence-electron chi connectivity index (χ4n) is 5.33. The van der Waals surface area contributed by atoms with Crippen LogP contribution in [0.3, 0.4) is 0 Å². The lowest BCUT2D eigenvalue weighted by atomic mass is 9.87. The van der Waals surface area contributed by atoms with Crippen LogP contribution in [0.1, 0.15) is 51.5 Å². The Morgan fingerprint density at radius 3 is 2.14 bits per heavy atom. The van der Waals surface area contributed by atoms with Gasteiger partial charge < -0.3 is 5.32 Å². The van der Waals surface area contributed by atoms with Crippen molar-refractivity contribution in [2.45, 2.75) is 39.2 Å². The molecule has 0 fully saturated rings. The summed E-state index contributed by atoms with van der Waals surface area (Å²) < 4.78 is 0. The fourth-order valence-corrected chi connectivity index (χ4v) is 5.33. The molecule has 0 aliphatic heterocycles. The molecule has 1 aliphatic carbocycles. The van der Waals surface area contributed by atoms with Crippen molar-refractivity contribution in [3.05, 3.63) is 119 Å². The maximum Gasteiger partial charge on any atom is 0.251 e. The van der Waals surface area contributed by atoms with Crippen LogP contribution in [0.15, 0.2) is 91.0 Å². The number of carbonyl (C=O) groups excluding carboxylic acids is 1. The number of hydrogen-bond donors (Lipinski definition) is 1. The number of nitrogens with one attached hydrogen (secondary N) is 1. The van der Waals surface area contributed by atoms with E-state index in [1.54, 1.807) is 0 Å². The van der Waals surface area contributed by atoms with Crippen molar-refractivity contribution in [3.8, 4) is 22.5 Å². The van der Waals surface area contributed by atoms with E-state index in [2.05, 4.69) is 73.8 Å². The third-order valence-corrected chi connectivity index (χ3v) is 7.18. The van der Waals surface area contributed by atoms with Crippen molar-refractivity contribution in [2.24, 2.45) is 0 Å². The van der Waals surface area contributed by atoms with Crippen LogP contribution in [-0.2, 0) is 6.42 Å². The molecule has 1 unspecified atom stereocenters. The van der Waals surface area contributed by atoms with E-state index in [1.165, 1.54) is 16.7 Å². The second-order valence-electron chi connectivity index (χ2n) is 9.98. The smallest absolute Gasteiger partial charge is 0.251 e. The number of rotatable bonds is 4. The number of nitrogens with zero attached hydrogens (tertiary/aromatic N) is 2. The van der Waals surface area contributed by atoms with Gasteiger partial charge in [-0.15, -0.1) is 0 Å². The minimum atomic E-state index is -0.0785. The highest BCUT2D eigenvalue weighted by molar-refractivity contribution is 5.98. The number of carbonyl (C=O) groups is 1. The Bertz CT molecular complexity index is 1640. The van der Waals surface area contributed by atoms with E-state index in [1.807, 2.05) is 36.4 Å². The summed E-state index contributed by atoms with van der Waals surface area (Å²) >= 11 is 0. The number of amides is 1. The summed E-state index contributed by atoms with van der Waals surface area (Å²) in [5.41, 5.74) is 10.7. The first-order valence-corrected chi connectivity index (χ1v) is 12.9. The maximum atomic E-state index is 13.3. The van der Waals surface area contributed by atoms with Crippen molar-refractivity contribution in [1.82, 2.24) is 15.3 Å². The largest absolute Gasteiger partial charge is 0.345 e. The van der Waals surface area contributed by atoms with E-state index in [0.29, 0.717) is 11.1 Å². The molecule has 4 heteroatoms. The maximum absolute atomic E-state index is 13.3. The highest BCUT2D eigenvalue weighted by Crippen LogP contribution is 2.33. The van der Waals surface area contributed by atoms with Crippen molar-refractivity contribution in [1.29, 1.82) is 0 Å². The zero-order valence-corrected chi connectivity index (χ0v) is 21.2. The Hall–Kier alpha value is -4.31. The molecular weight excluding hydrogens is 454 g/mol. The van der Waals surface area contributed by atoms with E-state index >= 15 is 0 Å². The van der Waals surface area contributed by atoms with Crippen LogP contribution >= 0.6 is 0 Å². The summed E-state index contributed by atoms with van der Waals surface area (Å²) in [6, 6.07) is 30.7. The Kier molecular flexibility index (Phi) is 6.01. The quantitative estimate of drug-likeness (QED) is 0.290. The van der Waals surface area contributed by atoms with E-state index in [-0.39, 0.29) is 11.9 Å². The molecule has 1 aliphatic rings. The van der Waals surface area contributed by atoms with Gasteiger partial charge in [-0.05, 0) is 74.6 Å². The Morgan fingerprint density at radius 2 is 1.43 bits per heavy atom. The highest BCUT2D eigenvalue weighted by atomic mass is 16.1. The molecule has 1 aromatic heterocycles. The third kappa shape index (κ3) is 4.63. The number of benzene rings is 4. The van der Waals surface area contributed by atoms with Crippen molar-refractivity contribution in [3.63, 3.8) is 0 Å². The molecule has 1 atom stereocenters. The minimum absolute atomic E-state index is 0.0331. The lowest BCUT2D eigenvalue weighted by Gasteiger charge is -2.26. The Labute approximate surface area is 217 Å². The topological polar surface area (TPSA) is 54.9 Å². The van der Waals surface area contributed by atoms with Crippen molar-refractivity contribution >= 4 is 16.9 Å². The van der Waals surface area contributed by atoms with Crippen molar-refractivity contribution in [2.75, 3.05) is 0 Å². The van der Waals surface area contributed by atoms with E-state index in [4.69, 9.17) is 9.97 Å². The molecular formula is C33H29N3O. The van der Waals surface area contributed by atoms with Gasteiger partial charge >= 0.3 is 0 Å². The lowest BCUT2D eigenvalue weighted by Crippen LogP contribution is -2.30. The van der Waals surface area contributed by atoms with Crippen LogP contribution in [-0.4, -0.2) is 15.9 Å². The average molecular weight is 484 g/mol. The molecule has 1 amide bonds. The van der Waals surface area contributed by atoms with Gasteiger partial charge in [0.05, 0.1) is 28.5 Å². The van der Waals surface area contributed by atoms with Crippen LogP contribution in [0.25, 0.3) is 33.5 Å². The molecule has 0 spiro atoms. The van der Waals surface area contributed by atoms with Crippen LogP contribution in [0, 0.1) is 13.8 Å². The Morgan fingerprint density at radius 1 is 0.757 bits per heavy atom. The van der Waals surface area contributed by atoms with Gasteiger partial charge in [0.25, 0.3) is 5.91 Å². The first-order chi connectivity index (χ1) is 18.0. The number of fused-ring (bicyclic) bond motifs is 2. The molecule has 0 saturated heterocycles. The van der Waals surface area contributed by atoms with Gasteiger partial charge in [0, 0.05) is 16.7 Å². The molecule has 4 aromatic carbocycles. The predicted octanol–water partition coefficient (Wildman–Crippen LogP) is 7.39. The summed E-state index contributed by atoms with van der Waals surface area (Å²) in [6.45, 7) is 4.16. The van der Waals surface area contributed by atoms with Crippen molar-refractivity contribution < 1.29 is 4.79 Å². The standard InChI is InChI=1S/C33H29N3O/c1-21-8-5-12-24(18-21)31-32(25-13-6-9-22(2)19-25)35-30-20-26(16-17-29(30)34-31)33(37)36-28-15-7-11-23-10-3-4-14-27(23)28/h3-6,8-10,12-14,16-20,28H,7,11,15H2,1-2H3,(H,36,37). The summed E-state index contributed by atoms with van der Waals surface area (Å²) in [5.74, 6) is -0.0785. The van der Waals surface area contributed by atoms with Crippen LogP contribution in [0.4, 0.5) is 0 Å². The average Bonchev–Trinajstić information content (AvgIpc) is 2.92. The molecule has 37 heavy (non-hydrogen) atoms. The predicted molar refractivity (Wildman–Crippen MR) is 149 cm³/mol. The normalized spacial score (nSPS) is 14.8. The first kappa shape index (κ1) is 23.1. The minimum Gasteiger partial charge on any atom is -0.345 e. The second-order valence-corrected chi connectivity index (χ2v) is 9.98. The third-order valence-electron chi connectivity index (χ3n) is 7.18. The Balaban J connectivity index is 1.41. The molecule has 0 saturated carbocycles. The van der Waals surface area contributed by atoms with E-state index < -0.39 is 0 Å². The highest BCUT2D eigenvalue weighted by Gasteiger charge is 2.22. The summed E-state index contributed by atoms with van der Waals surface area (Å²) in [7, 11) is 0. The fraction of sp³-hybridized carbons (Fsp3) is 0.182. The molecule has 4 nitrogen and oxygen atoms in total. The molecule has 1 heterocycles.